The summed E-state index contributed by atoms with van der Waals surface area (Å²) in [6.45, 7) is 11.8. The molecule has 0 unspecified atom stereocenters. The number of aliphatic hydroxyl groups excluding tert-OH is 2. The maximum atomic E-state index is 8.84. The molecule has 154 valence electrons. The van der Waals surface area contributed by atoms with Gasteiger partial charge in [0.05, 0.1) is 16.1 Å². The summed E-state index contributed by atoms with van der Waals surface area (Å²) in [7, 11) is -2.55. The van der Waals surface area contributed by atoms with Gasteiger partial charge >= 0.3 is 34.9 Å². The van der Waals surface area contributed by atoms with E-state index < -0.39 is 16.1 Å². The van der Waals surface area contributed by atoms with Crippen molar-refractivity contribution in [2.24, 2.45) is 0 Å². The molecule has 0 fully saturated rings. The zero-order valence-corrected chi connectivity index (χ0v) is 23.1. The zero-order chi connectivity index (χ0) is 19.3. The van der Waals surface area contributed by atoms with E-state index in [2.05, 4.69) is 78.4 Å². The summed E-state index contributed by atoms with van der Waals surface area (Å²) in [6, 6.07) is 18.9. The molecule has 0 saturated heterocycles. The van der Waals surface area contributed by atoms with Crippen LogP contribution in [-0.4, -0.2) is 43.3 Å². The molecule has 0 atom stereocenters. The first-order valence-electron chi connectivity index (χ1n) is 8.86. The van der Waals surface area contributed by atoms with Crippen LogP contribution in [0.25, 0.3) is 0 Å². The van der Waals surface area contributed by atoms with E-state index >= 15 is 0 Å². The zero-order valence-electron chi connectivity index (χ0n) is 17.2. The predicted octanol–water partition coefficient (Wildman–Crippen LogP) is -3.01. The van der Waals surface area contributed by atoms with Gasteiger partial charge in [0, 0.05) is 13.2 Å². The van der Waals surface area contributed by atoms with Crippen LogP contribution in [0.15, 0.2) is 48.5 Å². The molecule has 0 aliphatic heterocycles. The minimum absolute atomic E-state index is 0. The van der Waals surface area contributed by atoms with Gasteiger partial charge in [0.1, 0.15) is 0 Å². The number of rotatable bonds is 6. The van der Waals surface area contributed by atoms with Crippen LogP contribution in [0.1, 0.15) is 6.92 Å². The molecule has 0 heterocycles. The standard InChI is InChI=1S/2C9H15OSi.C2H4.2ClH.Zr/c2*1-11(2,8-7-10)9-5-3-4-6-9;1-2;;;/h2*3-6,10H,7-8H2,1-2H3;1H,2H3;2*1H;/q2*-1;;;;+2/p-2. The van der Waals surface area contributed by atoms with Crippen LogP contribution in [0, 0.1) is 0 Å². The summed E-state index contributed by atoms with van der Waals surface area (Å²) in [5, 5.41) is 20.6. The van der Waals surface area contributed by atoms with Gasteiger partial charge in [0.25, 0.3) is 0 Å². The monoisotopic (exact) mass is 522 g/mol. The summed E-state index contributed by atoms with van der Waals surface area (Å²) >= 11 is 1.51. The Balaban J connectivity index is -0.000000350. The Hall–Kier alpha value is 0.387. The minimum atomic E-state index is -1.28. The van der Waals surface area contributed by atoms with Crippen molar-refractivity contribution in [3.05, 3.63) is 48.5 Å². The molecule has 27 heavy (non-hydrogen) atoms. The molecular weight excluding hydrogens is 491 g/mol. The first-order valence-corrected chi connectivity index (χ1v) is 16.7. The average Bonchev–Trinajstić information content (AvgIpc) is 3.23. The van der Waals surface area contributed by atoms with E-state index in [4.69, 9.17) is 10.2 Å². The molecule has 2 nitrogen and oxygen atoms in total. The Kier molecular flexibility index (Phi) is 20.5. The number of aliphatic hydroxyl groups is 2. The van der Waals surface area contributed by atoms with Crippen molar-refractivity contribution in [2.45, 2.75) is 45.2 Å². The first kappa shape index (κ1) is 32.1. The van der Waals surface area contributed by atoms with Crippen molar-refractivity contribution in [3.8, 4) is 0 Å². The molecule has 0 aromatic heterocycles. The van der Waals surface area contributed by atoms with E-state index in [1.807, 2.05) is 6.92 Å². The fourth-order valence-corrected chi connectivity index (χ4v) is 6.38. The molecule has 0 aliphatic carbocycles. The van der Waals surface area contributed by atoms with Crippen molar-refractivity contribution < 1.29 is 59.3 Å². The quantitative estimate of drug-likeness (QED) is 0.312. The molecule has 0 amide bonds. The van der Waals surface area contributed by atoms with Crippen molar-refractivity contribution >= 4 is 30.2 Å². The van der Waals surface area contributed by atoms with Gasteiger partial charge in [0.2, 0.25) is 0 Å². The third-order valence-electron chi connectivity index (χ3n) is 4.36. The molecule has 2 N–H and O–H groups in total. The van der Waals surface area contributed by atoms with Crippen molar-refractivity contribution in [2.75, 3.05) is 13.2 Å². The Bertz CT molecular complexity index is 508. The van der Waals surface area contributed by atoms with Crippen LogP contribution in [0.3, 0.4) is 0 Å². The van der Waals surface area contributed by atoms with Gasteiger partial charge in [-0.25, -0.2) is 24.3 Å². The molecule has 0 aliphatic rings. The third kappa shape index (κ3) is 13.3. The van der Waals surface area contributed by atoms with E-state index in [1.165, 1.54) is 34.6 Å². The van der Waals surface area contributed by atoms with Crippen LogP contribution in [-0.2, 0) is 24.2 Å². The Morgan fingerprint density at radius 3 is 1.33 bits per heavy atom. The van der Waals surface area contributed by atoms with Gasteiger partial charge in [-0.3, -0.25) is 0 Å². The van der Waals surface area contributed by atoms with E-state index in [1.54, 1.807) is 0 Å². The molecule has 2 aromatic carbocycles. The Morgan fingerprint density at radius 2 is 1.15 bits per heavy atom. The van der Waals surface area contributed by atoms with Crippen molar-refractivity contribution in [1.29, 1.82) is 0 Å². The normalized spacial score (nSPS) is 10.3. The second kappa shape index (κ2) is 17.3. The van der Waals surface area contributed by atoms with Gasteiger partial charge in [-0.2, -0.15) is 34.6 Å². The van der Waals surface area contributed by atoms with Crippen LogP contribution in [0.5, 0.6) is 0 Å². The SMILES string of the molecule is C[CH]=[Zr+2].C[Si](C)(CCO)c1ccc[cH-]1.C[Si](C)(CCO)c1ccc[cH-]1.[Cl-].[Cl-]. The summed E-state index contributed by atoms with van der Waals surface area (Å²) in [5.41, 5.74) is 0. The molecule has 2 aromatic rings. The second-order valence-corrected chi connectivity index (χ2v) is 18.5. The fourth-order valence-electron chi connectivity index (χ4n) is 2.50. The molecule has 2 rings (SSSR count). The number of hydrogen-bond acceptors (Lipinski definition) is 2. The Morgan fingerprint density at radius 1 is 0.852 bits per heavy atom. The fraction of sp³-hybridized carbons (Fsp3) is 0.450. The van der Waals surface area contributed by atoms with Gasteiger partial charge in [0.15, 0.2) is 0 Å². The maximum absolute atomic E-state index is 8.84. The van der Waals surface area contributed by atoms with Crippen molar-refractivity contribution in [1.82, 2.24) is 0 Å². The van der Waals surface area contributed by atoms with E-state index in [0.29, 0.717) is 13.2 Å². The van der Waals surface area contributed by atoms with Gasteiger partial charge < -0.3 is 35.0 Å². The average molecular weight is 525 g/mol. The summed E-state index contributed by atoms with van der Waals surface area (Å²) in [6.07, 6.45) is 0. The first-order chi connectivity index (χ1) is 11.7. The van der Waals surface area contributed by atoms with Gasteiger partial charge in [-0.05, 0) is 12.1 Å². The maximum Gasteiger partial charge on any atom is 0.0558 e. The van der Waals surface area contributed by atoms with Gasteiger partial charge in [-0.15, -0.1) is 0 Å². The third-order valence-corrected chi connectivity index (χ3v) is 11.1. The number of hydrogen-bond donors (Lipinski definition) is 2. The predicted molar refractivity (Wildman–Crippen MR) is 114 cm³/mol. The number of halogens is 2. The van der Waals surface area contributed by atoms with Crippen LogP contribution < -0.4 is 35.2 Å². The van der Waals surface area contributed by atoms with E-state index in [-0.39, 0.29) is 24.8 Å². The van der Waals surface area contributed by atoms with E-state index in [0.717, 1.165) is 12.1 Å². The summed E-state index contributed by atoms with van der Waals surface area (Å²) in [5.74, 6) is 0. The molecule has 0 radical (unpaired) electrons. The molecule has 0 spiro atoms. The van der Waals surface area contributed by atoms with Crippen LogP contribution in [0.2, 0.25) is 38.3 Å². The molecular formula is C20H34Cl2O2Si2Zr-2. The van der Waals surface area contributed by atoms with Crippen LogP contribution >= 0.6 is 0 Å². The summed E-state index contributed by atoms with van der Waals surface area (Å²) < 4.78 is 2.09. The van der Waals surface area contributed by atoms with Gasteiger partial charge in [-0.1, -0.05) is 26.2 Å². The van der Waals surface area contributed by atoms with E-state index in [9.17, 15) is 0 Å². The molecule has 7 heteroatoms. The minimum Gasteiger partial charge on any atom is -1.00 e. The second-order valence-electron chi connectivity index (χ2n) is 7.35. The largest absolute Gasteiger partial charge is 1.00 e. The van der Waals surface area contributed by atoms with Crippen molar-refractivity contribution in [3.63, 3.8) is 0 Å². The molecule has 0 bridgehead atoms. The molecule has 0 saturated carbocycles. The van der Waals surface area contributed by atoms with Crippen LogP contribution in [0.4, 0.5) is 0 Å². The summed E-state index contributed by atoms with van der Waals surface area (Å²) in [4.78, 5) is 0. The Labute approximate surface area is 195 Å². The smallest absolute Gasteiger partial charge is 0.0558 e. The topological polar surface area (TPSA) is 40.5 Å².